The number of carbonyl (C=O) groups excluding carboxylic acids is 1. The number of carbonyl (C=O) groups is 1. The molecule has 3 heterocycles. The van der Waals surface area contributed by atoms with Gasteiger partial charge in [-0.25, -0.2) is 9.37 Å². The van der Waals surface area contributed by atoms with E-state index in [-0.39, 0.29) is 16.9 Å². The van der Waals surface area contributed by atoms with E-state index in [1.54, 1.807) is 6.07 Å². The van der Waals surface area contributed by atoms with Crippen molar-refractivity contribution in [3.05, 3.63) is 64.0 Å². The molecule has 0 amide bonds. The van der Waals surface area contributed by atoms with Crippen LogP contribution in [0.1, 0.15) is 16.2 Å². The van der Waals surface area contributed by atoms with Crippen molar-refractivity contribution in [2.24, 2.45) is 0 Å². The summed E-state index contributed by atoms with van der Waals surface area (Å²) in [6, 6.07) is 9.26. The minimum Gasteiger partial charge on any atom is -0.378 e. The van der Waals surface area contributed by atoms with Gasteiger partial charge in [0.25, 0.3) is 5.56 Å². The summed E-state index contributed by atoms with van der Waals surface area (Å²) in [6.07, 6.45) is 0. The van der Waals surface area contributed by atoms with Gasteiger partial charge in [-0.05, 0) is 36.4 Å². The quantitative estimate of drug-likeness (QED) is 0.524. The molecule has 0 saturated carbocycles. The summed E-state index contributed by atoms with van der Waals surface area (Å²) >= 11 is 0. The number of ether oxygens (including phenoxy) is 1. The molecule has 5 rings (SSSR count). The van der Waals surface area contributed by atoms with E-state index in [2.05, 4.69) is 9.88 Å². The van der Waals surface area contributed by atoms with Crippen molar-refractivity contribution in [3.63, 3.8) is 0 Å². The zero-order chi connectivity index (χ0) is 17.8. The van der Waals surface area contributed by atoms with Crippen LogP contribution in [0.25, 0.3) is 16.6 Å². The molecule has 0 N–H and O–H groups in total. The summed E-state index contributed by atoms with van der Waals surface area (Å²) in [7, 11) is 0. The Morgan fingerprint density at radius 3 is 2.65 bits per heavy atom. The van der Waals surface area contributed by atoms with Gasteiger partial charge in [-0.15, -0.1) is 0 Å². The first-order valence-electron chi connectivity index (χ1n) is 8.37. The molecule has 0 bridgehead atoms. The van der Waals surface area contributed by atoms with Crippen LogP contribution in [-0.4, -0.2) is 41.6 Å². The van der Waals surface area contributed by atoms with Crippen molar-refractivity contribution in [2.75, 3.05) is 31.2 Å². The maximum absolute atomic E-state index is 13.5. The first-order valence-corrected chi connectivity index (χ1v) is 8.37. The van der Waals surface area contributed by atoms with Crippen LogP contribution in [0.4, 0.5) is 10.1 Å². The lowest BCUT2D eigenvalue weighted by Crippen LogP contribution is -2.36. The second-order valence-corrected chi connectivity index (χ2v) is 6.37. The molecule has 0 radical (unpaired) electrons. The topological polar surface area (TPSA) is 64.4 Å². The largest absolute Gasteiger partial charge is 0.378 e. The molecule has 2 aliphatic rings. The number of rotatable bonds is 1. The zero-order valence-electron chi connectivity index (χ0n) is 13.7. The van der Waals surface area contributed by atoms with Gasteiger partial charge >= 0.3 is 0 Å². The summed E-state index contributed by atoms with van der Waals surface area (Å²) in [5.41, 5.74) is 1.62. The van der Waals surface area contributed by atoms with Crippen molar-refractivity contribution in [3.8, 4) is 5.69 Å². The molecule has 130 valence electrons. The highest BCUT2D eigenvalue weighted by atomic mass is 19.1. The lowest BCUT2D eigenvalue weighted by Gasteiger charge is -2.28. The number of fused-ring (bicyclic) bond motifs is 4. The van der Waals surface area contributed by atoms with E-state index in [0.717, 1.165) is 24.8 Å². The maximum atomic E-state index is 13.5. The number of aromatic nitrogens is 2. The van der Waals surface area contributed by atoms with Crippen molar-refractivity contribution in [1.82, 2.24) is 9.55 Å². The maximum Gasteiger partial charge on any atom is 0.266 e. The van der Waals surface area contributed by atoms with Crippen molar-refractivity contribution in [1.29, 1.82) is 0 Å². The van der Waals surface area contributed by atoms with Gasteiger partial charge in [0.1, 0.15) is 5.82 Å². The molecule has 6 nitrogen and oxygen atoms in total. The van der Waals surface area contributed by atoms with Crippen molar-refractivity contribution in [2.45, 2.75) is 0 Å². The van der Waals surface area contributed by atoms with Gasteiger partial charge in [0.15, 0.2) is 5.82 Å². The number of benzene rings is 2. The van der Waals surface area contributed by atoms with E-state index in [0.29, 0.717) is 29.8 Å². The van der Waals surface area contributed by atoms with E-state index in [4.69, 9.17) is 4.74 Å². The number of nitrogens with zero attached hydrogens (tertiary/aromatic N) is 3. The number of ketones is 1. The van der Waals surface area contributed by atoms with Gasteiger partial charge < -0.3 is 9.64 Å². The minimum atomic E-state index is -0.517. The molecule has 1 fully saturated rings. The van der Waals surface area contributed by atoms with Gasteiger partial charge in [-0.1, -0.05) is 0 Å². The van der Waals surface area contributed by atoms with E-state index >= 15 is 0 Å². The molecule has 0 unspecified atom stereocenters. The molecule has 7 heteroatoms. The van der Waals surface area contributed by atoms with Crippen molar-refractivity contribution >= 4 is 22.4 Å². The fourth-order valence-corrected chi connectivity index (χ4v) is 3.57. The molecule has 0 aliphatic carbocycles. The van der Waals surface area contributed by atoms with Crippen LogP contribution in [0.15, 0.2) is 41.2 Å². The van der Waals surface area contributed by atoms with Gasteiger partial charge in [0.05, 0.1) is 35.4 Å². The fourth-order valence-electron chi connectivity index (χ4n) is 3.57. The molecule has 1 aromatic heterocycles. The van der Waals surface area contributed by atoms with Gasteiger partial charge in [0.2, 0.25) is 5.78 Å². The highest BCUT2D eigenvalue weighted by Crippen LogP contribution is 2.28. The molecule has 2 aliphatic heterocycles. The second-order valence-electron chi connectivity index (χ2n) is 6.37. The summed E-state index contributed by atoms with van der Waals surface area (Å²) in [5.74, 6) is -0.922. The Labute approximate surface area is 147 Å². The highest BCUT2D eigenvalue weighted by Gasteiger charge is 2.30. The summed E-state index contributed by atoms with van der Waals surface area (Å²) in [4.78, 5) is 32.1. The number of anilines is 1. The van der Waals surface area contributed by atoms with Gasteiger partial charge in [-0.2, -0.15) is 0 Å². The molecular formula is C19H14FN3O3. The average molecular weight is 351 g/mol. The van der Waals surface area contributed by atoms with Crippen LogP contribution < -0.4 is 10.5 Å². The third-order valence-electron chi connectivity index (χ3n) is 4.88. The Hall–Kier alpha value is -3.06. The third-order valence-corrected chi connectivity index (χ3v) is 4.88. The predicted molar refractivity (Wildman–Crippen MR) is 93.8 cm³/mol. The smallest absolute Gasteiger partial charge is 0.266 e. The first-order chi connectivity index (χ1) is 12.6. The van der Waals surface area contributed by atoms with E-state index in [9.17, 15) is 14.0 Å². The number of morpholine rings is 1. The van der Waals surface area contributed by atoms with Crippen LogP contribution in [0.5, 0.6) is 0 Å². The van der Waals surface area contributed by atoms with Crippen molar-refractivity contribution < 1.29 is 13.9 Å². The summed E-state index contributed by atoms with van der Waals surface area (Å²) < 4.78 is 20.2. The average Bonchev–Trinajstić information content (AvgIpc) is 2.94. The predicted octanol–water partition coefficient (Wildman–Crippen LogP) is 1.91. The van der Waals surface area contributed by atoms with E-state index in [1.165, 1.54) is 16.7 Å². The Bertz CT molecular complexity index is 1130. The zero-order valence-corrected chi connectivity index (χ0v) is 13.7. The van der Waals surface area contributed by atoms with Crippen LogP contribution in [-0.2, 0) is 4.74 Å². The molecular weight excluding hydrogens is 337 g/mol. The molecule has 26 heavy (non-hydrogen) atoms. The normalized spacial score (nSPS) is 16.0. The lowest BCUT2D eigenvalue weighted by molar-refractivity contribution is 0.103. The minimum absolute atomic E-state index is 0.0298. The van der Waals surface area contributed by atoms with E-state index < -0.39 is 11.6 Å². The van der Waals surface area contributed by atoms with E-state index in [1.807, 2.05) is 12.1 Å². The van der Waals surface area contributed by atoms with Gasteiger partial charge in [-0.3, -0.25) is 14.2 Å². The highest BCUT2D eigenvalue weighted by molar-refractivity contribution is 6.13. The molecule has 2 aromatic carbocycles. The first kappa shape index (κ1) is 15.2. The standard InChI is InChI=1S/C19H14FN3O3/c20-11-1-4-16-14(9-11)17(24)18-21-15-10-12(22-5-7-26-8-6-22)2-3-13(15)19(25)23(16)18/h1-4,9-10H,5-8H2. The fraction of sp³-hybridized carbons (Fsp3) is 0.211. The summed E-state index contributed by atoms with van der Waals surface area (Å²) in [6.45, 7) is 2.83. The molecule has 0 atom stereocenters. The van der Waals surface area contributed by atoms with Crippen LogP contribution in [0.3, 0.4) is 0 Å². The second kappa shape index (κ2) is 5.47. The van der Waals surface area contributed by atoms with Crippen LogP contribution >= 0.6 is 0 Å². The Kier molecular flexibility index (Phi) is 3.20. The third kappa shape index (κ3) is 2.10. The summed E-state index contributed by atoms with van der Waals surface area (Å²) in [5, 5.41) is 0.427. The number of hydrogen-bond acceptors (Lipinski definition) is 5. The van der Waals surface area contributed by atoms with Gasteiger partial charge in [0, 0.05) is 18.8 Å². The Balaban J connectivity index is 1.71. The Morgan fingerprint density at radius 2 is 1.85 bits per heavy atom. The number of halogens is 1. The monoisotopic (exact) mass is 351 g/mol. The lowest BCUT2D eigenvalue weighted by atomic mass is 10.1. The molecule has 0 spiro atoms. The van der Waals surface area contributed by atoms with Crippen LogP contribution in [0, 0.1) is 5.82 Å². The molecule has 1 saturated heterocycles. The SMILES string of the molecule is O=C1c2cc(F)ccc2-n2c1nc1cc(N3CCOCC3)ccc1c2=O. The van der Waals surface area contributed by atoms with Crippen LogP contribution in [0.2, 0.25) is 0 Å². The Morgan fingerprint density at radius 1 is 1.04 bits per heavy atom. The molecule has 3 aromatic rings. The number of hydrogen-bond donors (Lipinski definition) is 0.